The molecule has 2 rings (SSSR count). The third-order valence-corrected chi connectivity index (χ3v) is 3.06. The first-order valence-corrected chi connectivity index (χ1v) is 6.29. The normalized spacial score (nSPS) is 15.9. The van der Waals surface area contributed by atoms with Crippen LogP contribution in [-0.2, 0) is 4.79 Å². The number of carbonyl (C=O) groups excluding carboxylic acids is 2. The number of anilines is 1. The van der Waals surface area contributed by atoms with Crippen LogP contribution in [0.1, 0.15) is 5.56 Å². The van der Waals surface area contributed by atoms with Crippen molar-refractivity contribution in [2.24, 2.45) is 5.73 Å². The number of thioether (sulfide) groups is 1. The maximum atomic E-state index is 11.4. The molecule has 0 bridgehead atoms. The molecule has 0 aromatic heterocycles. The van der Waals surface area contributed by atoms with Crippen LogP contribution in [-0.4, -0.2) is 17.7 Å². The predicted octanol–water partition coefficient (Wildman–Crippen LogP) is 1.34. The number of hydrogen-bond donors (Lipinski definition) is 3. The second-order valence-corrected chi connectivity index (χ2v) is 4.62. The Morgan fingerprint density at radius 3 is 2.63 bits per heavy atom. The van der Waals surface area contributed by atoms with E-state index in [0.717, 1.165) is 23.0 Å². The van der Waals surface area contributed by atoms with E-state index in [9.17, 15) is 9.59 Å². The van der Waals surface area contributed by atoms with E-state index in [1.807, 2.05) is 24.3 Å². The van der Waals surface area contributed by atoms with Crippen molar-refractivity contribution in [3.63, 3.8) is 0 Å². The zero-order chi connectivity index (χ0) is 13.7. The smallest absolute Gasteiger partial charge is 0.290 e. The molecule has 0 spiro atoms. The minimum Gasteiger partial charge on any atom is -0.320 e. The second-order valence-electron chi connectivity index (χ2n) is 3.61. The van der Waals surface area contributed by atoms with Crippen LogP contribution in [0.5, 0.6) is 0 Å². The van der Waals surface area contributed by atoms with E-state index in [2.05, 4.69) is 22.6 Å². The summed E-state index contributed by atoms with van der Waals surface area (Å²) in [4.78, 5) is 22.8. The Hall–Kier alpha value is -2.23. The van der Waals surface area contributed by atoms with Gasteiger partial charge in [-0.05, 0) is 35.5 Å². The van der Waals surface area contributed by atoms with Gasteiger partial charge in [0, 0.05) is 11.7 Å². The minimum absolute atomic E-state index is 0.303. The molecule has 0 aliphatic carbocycles. The molecule has 0 atom stereocenters. The molecule has 1 fully saturated rings. The van der Waals surface area contributed by atoms with Crippen LogP contribution in [0.25, 0.3) is 6.08 Å². The number of amides is 2. The Bertz CT molecular complexity index is 597. The van der Waals surface area contributed by atoms with Crippen molar-refractivity contribution in [1.29, 1.82) is 0 Å². The fourth-order valence-corrected chi connectivity index (χ4v) is 2.08. The van der Waals surface area contributed by atoms with Crippen molar-refractivity contribution < 1.29 is 9.59 Å². The SMILES string of the molecule is NCC#CNc1ccc(/C=C2\SC(=O)NC2=O)cc1. The van der Waals surface area contributed by atoms with Crippen LogP contribution in [0.3, 0.4) is 0 Å². The third kappa shape index (κ3) is 3.61. The highest BCUT2D eigenvalue weighted by Gasteiger charge is 2.24. The molecule has 4 N–H and O–H groups in total. The van der Waals surface area contributed by atoms with Gasteiger partial charge in [0.2, 0.25) is 0 Å². The number of rotatable bonds is 2. The standard InChI is InChI=1S/C13H11N3O2S/c14-6-1-7-15-10-4-2-9(3-5-10)8-11-12(17)16-13(18)19-11/h2-5,8,15H,6,14H2,(H,16,17,18)/b11-8-. The molecule has 1 saturated heterocycles. The number of nitrogens with one attached hydrogen (secondary N) is 2. The monoisotopic (exact) mass is 273 g/mol. The predicted molar refractivity (Wildman–Crippen MR) is 76.0 cm³/mol. The molecule has 2 amide bonds. The third-order valence-electron chi connectivity index (χ3n) is 2.25. The summed E-state index contributed by atoms with van der Waals surface area (Å²) in [5, 5.41) is 4.75. The van der Waals surface area contributed by atoms with Crippen LogP contribution in [0, 0.1) is 12.0 Å². The summed E-state index contributed by atoms with van der Waals surface area (Å²) < 4.78 is 0. The highest BCUT2D eigenvalue weighted by atomic mass is 32.2. The van der Waals surface area contributed by atoms with E-state index in [0.29, 0.717) is 11.4 Å². The molecule has 96 valence electrons. The van der Waals surface area contributed by atoms with Crippen LogP contribution >= 0.6 is 11.8 Å². The first-order chi connectivity index (χ1) is 9.19. The Morgan fingerprint density at radius 1 is 1.32 bits per heavy atom. The first kappa shape index (κ1) is 13.2. The zero-order valence-corrected chi connectivity index (χ0v) is 10.7. The highest BCUT2D eigenvalue weighted by molar-refractivity contribution is 8.18. The molecule has 1 heterocycles. The van der Waals surface area contributed by atoms with Crippen LogP contribution in [0.2, 0.25) is 0 Å². The minimum atomic E-state index is -0.356. The highest BCUT2D eigenvalue weighted by Crippen LogP contribution is 2.25. The van der Waals surface area contributed by atoms with Crippen LogP contribution in [0.15, 0.2) is 29.2 Å². The summed E-state index contributed by atoms with van der Waals surface area (Å²) >= 11 is 0.899. The number of nitrogens with two attached hydrogens (primary N) is 1. The van der Waals surface area contributed by atoms with Gasteiger partial charge in [0.1, 0.15) is 0 Å². The van der Waals surface area contributed by atoms with Gasteiger partial charge in [0.05, 0.1) is 11.4 Å². The summed E-state index contributed by atoms with van der Waals surface area (Å²) in [6, 6.07) is 10.0. The quantitative estimate of drug-likeness (QED) is 0.430. The van der Waals surface area contributed by atoms with Gasteiger partial charge in [0.15, 0.2) is 0 Å². The van der Waals surface area contributed by atoms with Gasteiger partial charge in [-0.25, -0.2) is 0 Å². The Labute approximate surface area is 114 Å². The van der Waals surface area contributed by atoms with Crippen LogP contribution in [0.4, 0.5) is 10.5 Å². The summed E-state index contributed by atoms with van der Waals surface area (Å²) in [5.41, 5.74) is 6.92. The number of benzene rings is 1. The molecule has 6 heteroatoms. The summed E-state index contributed by atoms with van der Waals surface area (Å²) in [6.45, 7) is 0.303. The first-order valence-electron chi connectivity index (χ1n) is 5.48. The van der Waals surface area contributed by atoms with Gasteiger partial charge in [-0.15, -0.1) is 0 Å². The van der Waals surface area contributed by atoms with Gasteiger partial charge in [-0.3, -0.25) is 14.9 Å². The van der Waals surface area contributed by atoms with Crippen LogP contribution < -0.4 is 16.4 Å². The van der Waals surface area contributed by atoms with Crippen molar-refractivity contribution in [1.82, 2.24) is 5.32 Å². The van der Waals surface area contributed by atoms with Crippen molar-refractivity contribution in [2.75, 3.05) is 11.9 Å². The summed E-state index contributed by atoms with van der Waals surface area (Å²) in [6.07, 6.45) is 1.67. The van der Waals surface area contributed by atoms with Crippen molar-refractivity contribution >= 4 is 34.7 Å². The van der Waals surface area contributed by atoms with Gasteiger partial charge in [-0.2, -0.15) is 0 Å². The zero-order valence-electron chi connectivity index (χ0n) is 9.90. The topological polar surface area (TPSA) is 84.2 Å². The molecule has 0 saturated carbocycles. The Morgan fingerprint density at radius 2 is 2.05 bits per heavy atom. The van der Waals surface area contributed by atoms with Gasteiger partial charge in [-0.1, -0.05) is 18.1 Å². The number of imide groups is 1. The Kier molecular flexibility index (Phi) is 4.23. The molecule has 1 aromatic rings. The molecular weight excluding hydrogens is 262 g/mol. The lowest BCUT2D eigenvalue weighted by molar-refractivity contribution is -0.115. The largest absolute Gasteiger partial charge is 0.320 e. The van der Waals surface area contributed by atoms with Gasteiger partial charge >= 0.3 is 0 Å². The maximum absolute atomic E-state index is 11.4. The number of carbonyl (C=O) groups is 2. The average Bonchev–Trinajstić information content (AvgIpc) is 2.70. The second kappa shape index (κ2) is 6.09. The van der Waals surface area contributed by atoms with Crippen molar-refractivity contribution in [3.8, 4) is 12.0 Å². The molecule has 0 radical (unpaired) electrons. The van der Waals surface area contributed by atoms with Crippen molar-refractivity contribution in [3.05, 3.63) is 34.7 Å². The fourth-order valence-electron chi connectivity index (χ4n) is 1.40. The lowest BCUT2D eigenvalue weighted by Gasteiger charge is -1.99. The van der Waals surface area contributed by atoms with E-state index < -0.39 is 0 Å². The fraction of sp³-hybridized carbons (Fsp3) is 0.0769. The average molecular weight is 273 g/mol. The van der Waals surface area contributed by atoms with E-state index in [1.165, 1.54) is 0 Å². The molecular formula is C13H11N3O2S. The lowest BCUT2D eigenvalue weighted by Crippen LogP contribution is -2.17. The number of hydrogen-bond acceptors (Lipinski definition) is 5. The van der Waals surface area contributed by atoms with E-state index in [1.54, 1.807) is 6.08 Å². The molecule has 5 nitrogen and oxygen atoms in total. The van der Waals surface area contributed by atoms with Gasteiger partial charge < -0.3 is 11.1 Å². The van der Waals surface area contributed by atoms with E-state index in [-0.39, 0.29) is 11.1 Å². The maximum Gasteiger partial charge on any atom is 0.290 e. The van der Waals surface area contributed by atoms with E-state index >= 15 is 0 Å². The molecule has 1 aliphatic rings. The Balaban J connectivity index is 2.08. The summed E-state index contributed by atoms with van der Waals surface area (Å²) in [7, 11) is 0. The lowest BCUT2D eigenvalue weighted by atomic mass is 10.2. The molecule has 0 unspecified atom stereocenters. The molecule has 1 aliphatic heterocycles. The summed E-state index contributed by atoms with van der Waals surface area (Å²) in [5.74, 6) is 2.34. The molecule has 1 aromatic carbocycles. The van der Waals surface area contributed by atoms with Crippen molar-refractivity contribution in [2.45, 2.75) is 0 Å². The molecule has 19 heavy (non-hydrogen) atoms. The van der Waals surface area contributed by atoms with E-state index in [4.69, 9.17) is 5.73 Å². The van der Waals surface area contributed by atoms with Gasteiger partial charge in [0.25, 0.3) is 11.1 Å².